The van der Waals surface area contributed by atoms with E-state index in [1.807, 2.05) is 13.0 Å². The predicted molar refractivity (Wildman–Crippen MR) is 148 cm³/mol. The van der Waals surface area contributed by atoms with Gasteiger partial charge in [0.15, 0.2) is 5.69 Å². The van der Waals surface area contributed by atoms with Gasteiger partial charge in [-0.25, -0.2) is 13.2 Å². The Bertz CT molecular complexity index is 1740. The molecule has 0 aliphatic carbocycles. The third-order valence-corrected chi connectivity index (χ3v) is 9.22. The molecule has 1 N–H and O–H groups in total. The number of nitrogens with one attached hydrogen (secondary N) is 1. The van der Waals surface area contributed by atoms with Crippen LogP contribution >= 0.6 is 11.3 Å². The van der Waals surface area contributed by atoms with Gasteiger partial charge in [0.2, 0.25) is 10.0 Å². The number of hydrogen-bond acceptors (Lipinski definition) is 8. The molecule has 0 bridgehead atoms. The lowest BCUT2D eigenvalue weighted by atomic mass is 10.2. The minimum absolute atomic E-state index is 0.0406. The molecular weight excluding hydrogens is 540 g/mol. The zero-order valence-corrected chi connectivity index (χ0v) is 23.0. The number of esters is 1. The van der Waals surface area contributed by atoms with Crippen LogP contribution in [0, 0.1) is 6.92 Å². The van der Waals surface area contributed by atoms with Crippen LogP contribution in [0.4, 0.5) is 5.00 Å². The third-order valence-electron chi connectivity index (χ3n) is 6.41. The van der Waals surface area contributed by atoms with E-state index in [9.17, 15) is 22.8 Å². The summed E-state index contributed by atoms with van der Waals surface area (Å²) < 4.78 is 33.4. The fraction of sp³-hybridized carbons (Fsp3) is 0.259. The number of aryl methyl sites for hydroxylation is 1. The van der Waals surface area contributed by atoms with Gasteiger partial charge in [0.1, 0.15) is 5.00 Å². The maximum Gasteiger partial charge on any atom is 0.359 e. The lowest BCUT2D eigenvalue weighted by Crippen LogP contribution is -2.27. The van der Waals surface area contributed by atoms with E-state index in [0.717, 1.165) is 34.4 Å². The first kappa shape index (κ1) is 26.7. The molecule has 0 spiro atoms. The zero-order chi connectivity index (χ0) is 27.7. The molecule has 1 aliphatic rings. The molecule has 0 radical (unpaired) electrons. The van der Waals surface area contributed by atoms with Crippen molar-refractivity contribution < 1.29 is 22.7 Å². The van der Waals surface area contributed by atoms with Gasteiger partial charge in [-0.3, -0.25) is 9.59 Å². The number of rotatable bonds is 7. The van der Waals surface area contributed by atoms with E-state index in [0.29, 0.717) is 18.8 Å². The Morgan fingerprint density at radius 2 is 1.82 bits per heavy atom. The number of carbonyl (C=O) groups is 2. The zero-order valence-electron chi connectivity index (χ0n) is 21.3. The fourth-order valence-corrected chi connectivity index (χ4v) is 6.91. The molecule has 12 heteroatoms. The summed E-state index contributed by atoms with van der Waals surface area (Å²) in [6.07, 6.45) is 1.65. The lowest BCUT2D eigenvalue weighted by Gasteiger charge is -2.15. The van der Waals surface area contributed by atoms with Gasteiger partial charge < -0.3 is 10.1 Å². The largest absolute Gasteiger partial charge is 0.461 e. The molecule has 2 aromatic carbocycles. The first-order valence-corrected chi connectivity index (χ1v) is 14.7. The number of nitrogens with zero attached hydrogens (tertiary/aromatic N) is 3. The van der Waals surface area contributed by atoms with Crippen molar-refractivity contribution in [3.8, 4) is 5.69 Å². The molecule has 0 atom stereocenters. The topological polar surface area (TPSA) is 128 Å². The van der Waals surface area contributed by atoms with Crippen LogP contribution in [-0.2, 0) is 14.8 Å². The van der Waals surface area contributed by atoms with Gasteiger partial charge in [0.25, 0.3) is 11.5 Å². The summed E-state index contributed by atoms with van der Waals surface area (Å²) in [6.45, 7) is 4.64. The van der Waals surface area contributed by atoms with Crippen LogP contribution in [0.1, 0.15) is 46.2 Å². The number of ether oxygens (including phenoxy) is 1. The quantitative estimate of drug-likeness (QED) is 0.335. The van der Waals surface area contributed by atoms with Crippen LogP contribution in [-0.4, -0.2) is 54.1 Å². The van der Waals surface area contributed by atoms with Crippen molar-refractivity contribution in [3.05, 3.63) is 81.1 Å². The highest BCUT2D eigenvalue weighted by molar-refractivity contribution is 7.89. The predicted octanol–water partition coefficient (Wildman–Crippen LogP) is 3.97. The van der Waals surface area contributed by atoms with Crippen LogP contribution < -0.4 is 10.9 Å². The minimum Gasteiger partial charge on any atom is -0.461 e. The fourth-order valence-electron chi connectivity index (χ4n) is 4.46. The van der Waals surface area contributed by atoms with Crippen molar-refractivity contribution in [3.63, 3.8) is 0 Å². The third kappa shape index (κ3) is 5.10. The Kier molecular flexibility index (Phi) is 7.34. The molecule has 1 fully saturated rings. The molecule has 1 saturated heterocycles. The number of sulfonamides is 1. The van der Waals surface area contributed by atoms with Gasteiger partial charge in [-0.1, -0.05) is 12.1 Å². The molecule has 2 aromatic heterocycles. The smallest absolute Gasteiger partial charge is 0.359 e. The van der Waals surface area contributed by atoms with Gasteiger partial charge in [-0.05, 0) is 68.7 Å². The van der Waals surface area contributed by atoms with Gasteiger partial charge in [-0.15, -0.1) is 11.3 Å². The van der Waals surface area contributed by atoms with E-state index in [-0.39, 0.29) is 38.5 Å². The van der Waals surface area contributed by atoms with Crippen molar-refractivity contribution in [2.75, 3.05) is 25.0 Å². The van der Waals surface area contributed by atoms with E-state index in [4.69, 9.17) is 4.74 Å². The second kappa shape index (κ2) is 10.7. The molecule has 39 heavy (non-hydrogen) atoms. The van der Waals surface area contributed by atoms with Crippen LogP contribution in [0.5, 0.6) is 0 Å². The standard InChI is InChI=1S/C27H26N4O6S2/c1-3-37-27(34)23-21-16-38-25(22(21)26(33)31(29-23)19-8-6-7-17(2)15-19)28-24(32)18-9-11-20(12-10-18)39(35,36)30-13-4-5-14-30/h6-12,15-16H,3-5,13-14H2,1-2H3,(H,28,32). The van der Waals surface area contributed by atoms with Crippen molar-refractivity contribution >= 4 is 49.0 Å². The Balaban J connectivity index is 1.52. The molecule has 10 nitrogen and oxygen atoms in total. The maximum atomic E-state index is 13.6. The molecule has 4 aromatic rings. The van der Waals surface area contributed by atoms with Gasteiger partial charge in [0, 0.05) is 29.4 Å². The summed E-state index contributed by atoms with van der Waals surface area (Å²) >= 11 is 1.09. The first-order valence-electron chi connectivity index (χ1n) is 12.4. The van der Waals surface area contributed by atoms with Crippen LogP contribution in [0.25, 0.3) is 16.5 Å². The molecule has 3 heterocycles. The Morgan fingerprint density at radius 1 is 1.10 bits per heavy atom. The van der Waals surface area contributed by atoms with Crippen molar-refractivity contribution in [1.82, 2.24) is 14.1 Å². The summed E-state index contributed by atoms with van der Waals surface area (Å²) in [5.74, 6) is -1.21. The van der Waals surface area contributed by atoms with Gasteiger partial charge in [-0.2, -0.15) is 14.1 Å². The number of carbonyl (C=O) groups excluding carboxylic acids is 2. The number of fused-ring (bicyclic) bond motifs is 1. The van der Waals surface area contributed by atoms with Crippen molar-refractivity contribution in [2.45, 2.75) is 31.6 Å². The Morgan fingerprint density at radius 3 is 2.49 bits per heavy atom. The highest BCUT2D eigenvalue weighted by Crippen LogP contribution is 2.31. The summed E-state index contributed by atoms with van der Waals surface area (Å²) in [6, 6.07) is 12.8. The van der Waals surface area contributed by atoms with E-state index in [1.54, 1.807) is 30.5 Å². The van der Waals surface area contributed by atoms with E-state index in [2.05, 4.69) is 10.4 Å². The summed E-state index contributed by atoms with van der Waals surface area (Å²) in [4.78, 5) is 39.6. The van der Waals surface area contributed by atoms with Crippen molar-refractivity contribution in [1.29, 1.82) is 0 Å². The molecular formula is C27H26N4O6S2. The van der Waals surface area contributed by atoms with Crippen LogP contribution in [0.15, 0.2) is 63.6 Å². The molecule has 0 saturated carbocycles. The number of benzene rings is 2. The highest BCUT2D eigenvalue weighted by atomic mass is 32.2. The van der Waals surface area contributed by atoms with Gasteiger partial charge in [0.05, 0.1) is 22.6 Å². The number of amides is 1. The molecule has 0 unspecified atom stereocenters. The summed E-state index contributed by atoms with van der Waals surface area (Å²) in [7, 11) is -3.61. The number of thiophene rings is 1. The number of anilines is 1. The molecule has 1 amide bonds. The first-order chi connectivity index (χ1) is 18.7. The SMILES string of the molecule is CCOC(=O)c1nn(-c2cccc(C)c2)c(=O)c2c(NC(=O)c3ccc(S(=O)(=O)N4CCCC4)cc3)scc12. The second-order valence-corrected chi connectivity index (χ2v) is 11.9. The monoisotopic (exact) mass is 566 g/mol. The lowest BCUT2D eigenvalue weighted by molar-refractivity contribution is 0.0519. The minimum atomic E-state index is -3.61. The van der Waals surface area contributed by atoms with E-state index >= 15 is 0 Å². The number of hydrogen-bond donors (Lipinski definition) is 1. The molecule has 1 aliphatic heterocycles. The van der Waals surface area contributed by atoms with Crippen LogP contribution in [0.3, 0.4) is 0 Å². The highest BCUT2D eigenvalue weighted by Gasteiger charge is 2.27. The average Bonchev–Trinajstić information content (AvgIpc) is 3.61. The number of aromatic nitrogens is 2. The maximum absolute atomic E-state index is 13.6. The van der Waals surface area contributed by atoms with E-state index < -0.39 is 27.5 Å². The summed E-state index contributed by atoms with van der Waals surface area (Å²) in [5.41, 5.74) is 1.03. The Labute approximate surface area is 228 Å². The second-order valence-electron chi connectivity index (χ2n) is 9.07. The molecule has 5 rings (SSSR count). The van der Waals surface area contributed by atoms with Crippen molar-refractivity contribution in [2.24, 2.45) is 0 Å². The van der Waals surface area contributed by atoms with E-state index in [1.165, 1.54) is 28.6 Å². The van der Waals surface area contributed by atoms with Gasteiger partial charge >= 0.3 is 5.97 Å². The Hall–Kier alpha value is -3.87. The van der Waals surface area contributed by atoms with Crippen LogP contribution in [0.2, 0.25) is 0 Å². The normalized spacial score (nSPS) is 14.0. The average molecular weight is 567 g/mol. The molecule has 202 valence electrons. The summed E-state index contributed by atoms with van der Waals surface area (Å²) in [5, 5.41) is 9.28.